The molecule has 3 rings (SSSR count). The molecule has 1 aromatic rings. The van der Waals surface area contributed by atoms with Crippen molar-refractivity contribution in [3.05, 3.63) is 39.9 Å². The fourth-order valence-electron chi connectivity index (χ4n) is 3.59. The molecule has 2 aliphatic rings. The lowest BCUT2D eigenvalue weighted by Crippen LogP contribution is -2.26. The molecule has 0 aromatic heterocycles. The fraction of sp³-hybridized carbons (Fsp3) is 0.467. The highest BCUT2D eigenvalue weighted by atomic mass is 16.6. The molecule has 104 valence electrons. The van der Waals surface area contributed by atoms with Gasteiger partial charge in [-0.25, -0.2) is 0 Å². The van der Waals surface area contributed by atoms with Crippen LogP contribution in [0.1, 0.15) is 37.2 Å². The van der Waals surface area contributed by atoms with E-state index in [1.54, 1.807) is 12.1 Å². The lowest BCUT2D eigenvalue weighted by molar-refractivity contribution is -0.384. The summed E-state index contributed by atoms with van der Waals surface area (Å²) in [7, 11) is 0. The highest BCUT2D eigenvalue weighted by Gasteiger charge is 2.45. The number of Topliss-reactive ketones (excluding diaryl/α,β-unsaturated/α-hetero) is 2. The van der Waals surface area contributed by atoms with Crippen molar-refractivity contribution < 1.29 is 14.5 Å². The van der Waals surface area contributed by atoms with Gasteiger partial charge in [-0.05, 0) is 23.8 Å². The van der Waals surface area contributed by atoms with Gasteiger partial charge in [0.05, 0.1) is 4.92 Å². The highest BCUT2D eigenvalue weighted by molar-refractivity contribution is 5.91. The molecule has 0 heterocycles. The van der Waals surface area contributed by atoms with Gasteiger partial charge < -0.3 is 0 Å². The van der Waals surface area contributed by atoms with Crippen molar-refractivity contribution in [1.82, 2.24) is 0 Å². The first-order valence-corrected chi connectivity index (χ1v) is 6.85. The molecule has 0 radical (unpaired) electrons. The van der Waals surface area contributed by atoms with Crippen LogP contribution in [0.3, 0.4) is 0 Å². The van der Waals surface area contributed by atoms with E-state index in [4.69, 9.17) is 0 Å². The molecule has 0 saturated heterocycles. The van der Waals surface area contributed by atoms with E-state index in [1.807, 2.05) is 0 Å². The largest absolute Gasteiger partial charge is 0.300 e. The van der Waals surface area contributed by atoms with E-state index in [2.05, 4.69) is 0 Å². The number of non-ortho nitro benzene ring substituents is 1. The van der Waals surface area contributed by atoms with E-state index in [-0.39, 0.29) is 35.0 Å². The molecule has 5 nitrogen and oxygen atoms in total. The Morgan fingerprint density at radius 1 is 1.05 bits per heavy atom. The second-order valence-electron chi connectivity index (χ2n) is 5.68. The van der Waals surface area contributed by atoms with Crippen LogP contribution >= 0.6 is 0 Å². The summed E-state index contributed by atoms with van der Waals surface area (Å²) in [6.45, 7) is 0. The third-order valence-corrected chi connectivity index (χ3v) is 4.60. The lowest BCUT2D eigenvalue weighted by Gasteiger charge is -2.27. The van der Waals surface area contributed by atoms with Crippen molar-refractivity contribution in [2.45, 2.75) is 31.6 Å². The number of carbonyl (C=O) groups excluding carboxylic acids is 2. The fourth-order valence-corrected chi connectivity index (χ4v) is 3.59. The van der Waals surface area contributed by atoms with E-state index < -0.39 is 4.92 Å². The third-order valence-electron chi connectivity index (χ3n) is 4.60. The van der Waals surface area contributed by atoms with Gasteiger partial charge in [0.1, 0.15) is 11.6 Å². The molecule has 2 saturated carbocycles. The summed E-state index contributed by atoms with van der Waals surface area (Å²) in [6, 6.07) is 6.46. The molecule has 2 aliphatic carbocycles. The molecule has 0 N–H and O–H groups in total. The molecule has 5 heteroatoms. The van der Waals surface area contributed by atoms with Gasteiger partial charge in [-0.2, -0.15) is 0 Å². The van der Waals surface area contributed by atoms with Gasteiger partial charge >= 0.3 is 0 Å². The normalized spacial score (nSPS) is 29.3. The Bertz CT molecular complexity index is 578. The Labute approximate surface area is 116 Å². The van der Waals surface area contributed by atoms with Gasteiger partial charge in [-0.15, -0.1) is 0 Å². The number of nitro benzene ring substituents is 1. The average Bonchev–Trinajstić information content (AvgIpc) is 2.76. The Balaban J connectivity index is 1.85. The van der Waals surface area contributed by atoms with Crippen molar-refractivity contribution in [3.8, 4) is 0 Å². The van der Waals surface area contributed by atoms with Gasteiger partial charge in [0.2, 0.25) is 0 Å². The smallest absolute Gasteiger partial charge is 0.269 e. The van der Waals surface area contributed by atoms with Crippen molar-refractivity contribution in [2.75, 3.05) is 0 Å². The molecule has 0 aliphatic heterocycles. The Morgan fingerprint density at radius 2 is 1.75 bits per heavy atom. The Hall–Kier alpha value is -2.04. The number of hydrogen-bond acceptors (Lipinski definition) is 4. The molecule has 0 spiro atoms. The van der Waals surface area contributed by atoms with Crippen LogP contribution in [0.25, 0.3) is 0 Å². The van der Waals surface area contributed by atoms with Crippen LogP contribution in [0, 0.1) is 22.0 Å². The molecule has 0 bridgehead atoms. The maximum atomic E-state index is 12.1. The first-order chi connectivity index (χ1) is 9.56. The predicted molar refractivity (Wildman–Crippen MR) is 71.3 cm³/mol. The molecular weight excluding hydrogens is 258 g/mol. The van der Waals surface area contributed by atoms with E-state index in [0.717, 1.165) is 12.0 Å². The second kappa shape index (κ2) is 4.81. The van der Waals surface area contributed by atoms with E-state index >= 15 is 0 Å². The Kier molecular flexibility index (Phi) is 3.12. The zero-order valence-electron chi connectivity index (χ0n) is 11.0. The van der Waals surface area contributed by atoms with Crippen LogP contribution in [0.2, 0.25) is 0 Å². The second-order valence-corrected chi connectivity index (χ2v) is 5.68. The first kappa shape index (κ1) is 13.0. The van der Waals surface area contributed by atoms with Gasteiger partial charge in [0, 0.05) is 37.3 Å². The zero-order chi connectivity index (χ0) is 14.3. The lowest BCUT2D eigenvalue weighted by atomic mass is 9.75. The number of benzene rings is 1. The van der Waals surface area contributed by atoms with Crippen molar-refractivity contribution in [3.63, 3.8) is 0 Å². The summed E-state index contributed by atoms with van der Waals surface area (Å²) in [4.78, 5) is 33.8. The summed E-state index contributed by atoms with van der Waals surface area (Å²) >= 11 is 0. The number of hydrogen-bond donors (Lipinski definition) is 0. The standard InChI is InChI=1S/C15H15NO4/c17-11-5-6-12-13(8-15(18)14(12)7-11)9-1-3-10(4-2-9)16(19)20/h1-4,12-14H,5-8H2/t12-,13+,14-/m0/s1. The van der Waals surface area contributed by atoms with Crippen LogP contribution in [0.5, 0.6) is 0 Å². The molecular formula is C15H15NO4. The predicted octanol–water partition coefficient (Wildman–Crippen LogP) is 2.64. The van der Waals surface area contributed by atoms with Crippen LogP contribution in [-0.2, 0) is 9.59 Å². The number of carbonyl (C=O) groups is 2. The minimum absolute atomic E-state index is 0.0634. The highest BCUT2D eigenvalue weighted by Crippen LogP contribution is 2.47. The average molecular weight is 273 g/mol. The van der Waals surface area contributed by atoms with Gasteiger partial charge in [-0.1, -0.05) is 12.1 Å². The first-order valence-electron chi connectivity index (χ1n) is 6.85. The van der Waals surface area contributed by atoms with Crippen LogP contribution in [-0.4, -0.2) is 16.5 Å². The SMILES string of the molecule is O=C1CC[C@@H]2[C@H](C1)C(=O)C[C@@H]2c1ccc([N+](=O)[O-])cc1. The minimum Gasteiger partial charge on any atom is -0.300 e. The number of nitrogens with zero attached hydrogens (tertiary/aromatic N) is 1. The molecule has 0 unspecified atom stereocenters. The van der Waals surface area contributed by atoms with Crippen molar-refractivity contribution in [1.29, 1.82) is 0 Å². The monoisotopic (exact) mass is 273 g/mol. The Morgan fingerprint density at radius 3 is 2.40 bits per heavy atom. The maximum Gasteiger partial charge on any atom is 0.269 e. The van der Waals surface area contributed by atoms with Crippen LogP contribution < -0.4 is 0 Å². The molecule has 0 amide bonds. The molecule has 1 aromatic carbocycles. The summed E-state index contributed by atoms with van der Waals surface area (Å²) in [5, 5.41) is 10.7. The quantitative estimate of drug-likeness (QED) is 0.613. The molecule has 2 fully saturated rings. The maximum absolute atomic E-state index is 12.1. The molecule has 20 heavy (non-hydrogen) atoms. The topological polar surface area (TPSA) is 77.3 Å². The van der Waals surface area contributed by atoms with E-state index in [9.17, 15) is 19.7 Å². The zero-order valence-corrected chi connectivity index (χ0v) is 11.0. The summed E-state index contributed by atoms with van der Waals surface area (Å²) < 4.78 is 0. The van der Waals surface area contributed by atoms with Gasteiger partial charge in [0.15, 0.2) is 0 Å². The van der Waals surface area contributed by atoms with Gasteiger partial charge in [-0.3, -0.25) is 19.7 Å². The van der Waals surface area contributed by atoms with Crippen LogP contribution in [0.4, 0.5) is 5.69 Å². The third kappa shape index (κ3) is 2.13. The number of rotatable bonds is 2. The summed E-state index contributed by atoms with van der Waals surface area (Å²) in [6.07, 6.45) is 2.15. The van der Waals surface area contributed by atoms with Crippen molar-refractivity contribution in [2.24, 2.45) is 11.8 Å². The minimum atomic E-state index is -0.425. The number of ketones is 2. The molecule has 3 atom stereocenters. The number of nitro groups is 1. The van der Waals surface area contributed by atoms with Gasteiger partial charge in [0.25, 0.3) is 5.69 Å². The van der Waals surface area contributed by atoms with Crippen molar-refractivity contribution >= 4 is 17.3 Å². The summed E-state index contributed by atoms with van der Waals surface area (Å²) in [5.74, 6) is 0.565. The van der Waals surface area contributed by atoms with E-state index in [1.165, 1.54) is 12.1 Å². The number of fused-ring (bicyclic) bond motifs is 1. The summed E-state index contributed by atoms with van der Waals surface area (Å²) in [5.41, 5.74) is 1.04. The van der Waals surface area contributed by atoms with E-state index in [0.29, 0.717) is 19.3 Å². The van der Waals surface area contributed by atoms with Crippen LogP contribution in [0.15, 0.2) is 24.3 Å².